The van der Waals surface area contributed by atoms with E-state index in [1.54, 1.807) is 18.2 Å². The maximum atomic E-state index is 13.4. The van der Waals surface area contributed by atoms with Gasteiger partial charge in [0, 0.05) is 65.2 Å². The second-order valence-corrected chi connectivity index (χ2v) is 8.65. The number of hydrogen-bond donors (Lipinski definition) is 0. The van der Waals surface area contributed by atoms with Gasteiger partial charge >= 0.3 is 6.01 Å². The smallest absolute Gasteiger partial charge is 0.324 e. The van der Waals surface area contributed by atoms with Gasteiger partial charge in [-0.2, -0.15) is 9.37 Å². The van der Waals surface area contributed by atoms with Crippen LogP contribution in [0.3, 0.4) is 0 Å². The number of pyridine rings is 1. The first-order valence-electron chi connectivity index (χ1n) is 9.41. The quantitative estimate of drug-likeness (QED) is 0.558. The number of benzene rings is 1. The lowest BCUT2D eigenvalue weighted by Gasteiger charge is -2.55. The van der Waals surface area contributed by atoms with Crippen LogP contribution in [0.2, 0.25) is 10.0 Å². The molecule has 0 radical (unpaired) electrons. The van der Waals surface area contributed by atoms with Gasteiger partial charge in [-0.25, -0.2) is 4.98 Å². The standard InChI is InChI=1S/C20H18Cl2FN5O/c21-14-6-13(7-15(22)8-14)18-25-19(29-26-18)27-5-1-3-20(10-27)11-28(12-20)16-2-4-24-17(23)9-16/h2,4,6-9H,1,3,5,10-12H2. The van der Waals surface area contributed by atoms with Gasteiger partial charge in [-0.1, -0.05) is 28.4 Å². The van der Waals surface area contributed by atoms with E-state index in [9.17, 15) is 4.39 Å². The van der Waals surface area contributed by atoms with Gasteiger partial charge in [0.1, 0.15) is 0 Å². The lowest BCUT2D eigenvalue weighted by molar-refractivity contribution is 0.169. The monoisotopic (exact) mass is 433 g/mol. The highest BCUT2D eigenvalue weighted by Crippen LogP contribution is 2.42. The largest absolute Gasteiger partial charge is 0.370 e. The fourth-order valence-electron chi connectivity index (χ4n) is 4.31. The minimum Gasteiger partial charge on any atom is -0.370 e. The number of nitrogens with zero attached hydrogens (tertiary/aromatic N) is 5. The Hall–Kier alpha value is -2.38. The molecule has 1 spiro atoms. The van der Waals surface area contributed by atoms with Crippen molar-refractivity contribution in [1.29, 1.82) is 0 Å². The molecule has 2 aromatic heterocycles. The molecule has 0 bridgehead atoms. The average Bonchev–Trinajstić information content (AvgIpc) is 3.16. The topological polar surface area (TPSA) is 58.3 Å². The lowest BCUT2D eigenvalue weighted by Crippen LogP contribution is -2.63. The molecule has 0 unspecified atom stereocenters. The number of piperidine rings is 1. The summed E-state index contributed by atoms with van der Waals surface area (Å²) < 4.78 is 18.9. The maximum absolute atomic E-state index is 13.4. The van der Waals surface area contributed by atoms with Gasteiger partial charge in [-0.3, -0.25) is 0 Å². The summed E-state index contributed by atoms with van der Waals surface area (Å²) in [6.07, 6.45) is 3.67. The Bertz CT molecular complexity index is 1030. The zero-order valence-electron chi connectivity index (χ0n) is 15.5. The van der Waals surface area contributed by atoms with Crippen LogP contribution in [0, 0.1) is 11.4 Å². The molecule has 2 fully saturated rings. The molecule has 4 heterocycles. The van der Waals surface area contributed by atoms with Crippen LogP contribution in [0.25, 0.3) is 11.4 Å². The molecule has 6 nitrogen and oxygen atoms in total. The number of aromatic nitrogens is 3. The van der Waals surface area contributed by atoms with Crippen molar-refractivity contribution in [2.24, 2.45) is 5.41 Å². The zero-order chi connectivity index (χ0) is 20.0. The van der Waals surface area contributed by atoms with Crippen molar-refractivity contribution in [2.45, 2.75) is 12.8 Å². The van der Waals surface area contributed by atoms with E-state index in [1.807, 2.05) is 6.07 Å². The minimum atomic E-state index is -0.451. The lowest BCUT2D eigenvalue weighted by atomic mass is 9.73. The summed E-state index contributed by atoms with van der Waals surface area (Å²) in [6, 6.07) is 9.02. The molecular formula is C20H18Cl2FN5O. The van der Waals surface area contributed by atoms with Gasteiger partial charge in [0.15, 0.2) is 0 Å². The van der Waals surface area contributed by atoms with Crippen LogP contribution >= 0.6 is 23.2 Å². The van der Waals surface area contributed by atoms with Gasteiger partial charge in [0.25, 0.3) is 0 Å². The van der Waals surface area contributed by atoms with E-state index < -0.39 is 5.95 Å². The van der Waals surface area contributed by atoms with Gasteiger partial charge in [-0.05, 0) is 37.1 Å². The molecule has 2 aliphatic rings. The first kappa shape index (κ1) is 18.6. The summed E-state index contributed by atoms with van der Waals surface area (Å²) in [5.41, 5.74) is 1.74. The van der Waals surface area contributed by atoms with Gasteiger partial charge in [-0.15, -0.1) is 0 Å². The normalized spacial score (nSPS) is 18.2. The number of anilines is 2. The van der Waals surface area contributed by atoms with Crippen molar-refractivity contribution >= 4 is 34.9 Å². The molecule has 1 aromatic carbocycles. The molecule has 0 saturated carbocycles. The number of rotatable bonds is 3. The predicted molar refractivity (Wildman–Crippen MR) is 110 cm³/mol. The summed E-state index contributed by atoms with van der Waals surface area (Å²) in [4.78, 5) is 12.5. The van der Waals surface area contributed by atoms with Crippen molar-refractivity contribution in [3.63, 3.8) is 0 Å². The van der Waals surface area contributed by atoms with Crippen molar-refractivity contribution in [2.75, 3.05) is 36.0 Å². The first-order chi connectivity index (χ1) is 14.0. The Kier molecular flexibility index (Phi) is 4.59. The van der Waals surface area contributed by atoms with Crippen LogP contribution in [0.5, 0.6) is 0 Å². The summed E-state index contributed by atoms with van der Waals surface area (Å²) in [5.74, 6) is 0.0137. The van der Waals surface area contributed by atoms with E-state index >= 15 is 0 Å². The van der Waals surface area contributed by atoms with E-state index in [0.717, 1.165) is 50.3 Å². The third-order valence-electron chi connectivity index (χ3n) is 5.60. The molecular weight excluding hydrogens is 416 g/mol. The predicted octanol–water partition coefficient (Wildman–Crippen LogP) is 4.68. The molecule has 9 heteroatoms. The van der Waals surface area contributed by atoms with Crippen molar-refractivity contribution < 1.29 is 8.91 Å². The van der Waals surface area contributed by atoms with E-state index in [4.69, 9.17) is 27.7 Å². The van der Waals surface area contributed by atoms with Crippen LogP contribution in [0.4, 0.5) is 16.1 Å². The SMILES string of the molecule is Fc1cc(N2CC3(CCCN(c4nc(-c5cc(Cl)cc(Cl)c5)no4)C3)C2)ccn1. The third kappa shape index (κ3) is 3.65. The Labute approximate surface area is 177 Å². The summed E-state index contributed by atoms with van der Waals surface area (Å²) in [5, 5.41) is 5.16. The van der Waals surface area contributed by atoms with Gasteiger partial charge in [0.05, 0.1) is 0 Å². The summed E-state index contributed by atoms with van der Waals surface area (Å²) in [7, 11) is 0. The maximum Gasteiger partial charge on any atom is 0.324 e. The molecule has 3 aromatic rings. The highest BCUT2D eigenvalue weighted by molar-refractivity contribution is 6.35. The van der Waals surface area contributed by atoms with E-state index in [0.29, 0.717) is 21.9 Å². The van der Waals surface area contributed by atoms with E-state index in [2.05, 4.69) is 24.9 Å². The van der Waals surface area contributed by atoms with E-state index in [-0.39, 0.29) is 5.41 Å². The second kappa shape index (κ2) is 7.15. The Balaban J connectivity index is 1.30. The fourth-order valence-corrected chi connectivity index (χ4v) is 4.83. The Morgan fingerprint density at radius 1 is 1.03 bits per heavy atom. The Morgan fingerprint density at radius 2 is 1.79 bits per heavy atom. The molecule has 5 rings (SSSR count). The first-order valence-corrected chi connectivity index (χ1v) is 10.2. The van der Waals surface area contributed by atoms with Crippen molar-refractivity contribution in [3.05, 3.63) is 52.5 Å². The fraction of sp³-hybridized carbons (Fsp3) is 0.350. The molecule has 0 N–H and O–H groups in total. The van der Waals surface area contributed by atoms with Gasteiger partial charge < -0.3 is 14.3 Å². The second-order valence-electron chi connectivity index (χ2n) is 7.78. The zero-order valence-corrected chi connectivity index (χ0v) is 17.0. The molecule has 150 valence electrons. The van der Waals surface area contributed by atoms with Gasteiger partial charge in [0.2, 0.25) is 11.8 Å². The molecule has 29 heavy (non-hydrogen) atoms. The van der Waals surface area contributed by atoms with Crippen LogP contribution in [-0.2, 0) is 0 Å². The van der Waals surface area contributed by atoms with Crippen LogP contribution < -0.4 is 9.80 Å². The third-order valence-corrected chi connectivity index (χ3v) is 6.03. The minimum absolute atomic E-state index is 0.145. The van der Waals surface area contributed by atoms with Crippen LogP contribution in [0.1, 0.15) is 12.8 Å². The van der Waals surface area contributed by atoms with Crippen LogP contribution in [-0.4, -0.2) is 41.3 Å². The van der Waals surface area contributed by atoms with E-state index in [1.165, 1.54) is 12.3 Å². The van der Waals surface area contributed by atoms with Crippen molar-refractivity contribution in [3.8, 4) is 11.4 Å². The summed E-state index contributed by atoms with van der Waals surface area (Å²) >= 11 is 12.2. The number of hydrogen-bond acceptors (Lipinski definition) is 6. The van der Waals surface area contributed by atoms with Crippen LogP contribution in [0.15, 0.2) is 41.1 Å². The van der Waals surface area contributed by atoms with Crippen molar-refractivity contribution in [1.82, 2.24) is 15.1 Å². The molecule has 2 aliphatic heterocycles. The molecule has 0 amide bonds. The average molecular weight is 434 g/mol. The highest BCUT2D eigenvalue weighted by atomic mass is 35.5. The summed E-state index contributed by atoms with van der Waals surface area (Å²) in [6.45, 7) is 3.44. The molecule has 0 aliphatic carbocycles. The Morgan fingerprint density at radius 3 is 2.55 bits per heavy atom. The number of halogens is 3. The molecule has 2 saturated heterocycles. The molecule has 0 atom stereocenters. The highest BCUT2D eigenvalue weighted by Gasteiger charge is 2.46.